The Morgan fingerprint density at radius 2 is 0.825 bits per heavy atom. The topological polar surface area (TPSA) is 113 Å². The minimum absolute atomic E-state index is 0.533. The lowest BCUT2D eigenvalue weighted by Gasteiger charge is -2.13. The Morgan fingerprint density at radius 1 is 0.450 bits per heavy atom. The lowest BCUT2D eigenvalue weighted by molar-refractivity contribution is 0.324. The first-order valence-electron chi connectivity index (χ1n) is 12.4. The lowest BCUT2D eigenvalue weighted by Crippen LogP contribution is -1.95. The number of nitrogens with one attached hydrogen (secondary N) is 2. The molecule has 2 N–H and O–H groups in total. The average Bonchev–Trinajstić information content (AvgIpc) is 3.70. The first-order valence-corrected chi connectivity index (χ1v) is 12.4. The third-order valence-electron chi connectivity index (χ3n) is 6.56. The summed E-state index contributed by atoms with van der Waals surface area (Å²) in [6.45, 7) is 0. The molecule has 2 aromatic heterocycles. The number of rotatable bonds is 10. The monoisotopic (exact) mass is 542 g/mol. The summed E-state index contributed by atoms with van der Waals surface area (Å²) < 4.78 is 32.9. The molecule has 5 aromatic rings. The van der Waals surface area contributed by atoms with E-state index in [1.165, 1.54) is 0 Å². The van der Waals surface area contributed by atoms with Crippen LogP contribution in [-0.2, 0) is 0 Å². The van der Waals surface area contributed by atoms with Crippen LogP contribution in [0.2, 0.25) is 0 Å². The van der Waals surface area contributed by atoms with Gasteiger partial charge in [-0.1, -0.05) is 18.2 Å². The zero-order chi connectivity index (χ0) is 28.2. The van der Waals surface area contributed by atoms with Crippen molar-refractivity contribution in [3.8, 4) is 79.5 Å². The number of methoxy groups -OCH3 is 6. The quantitative estimate of drug-likeness (QED) is 0.226. The molecule has 0 bridgehead atoms. The van der Waals surface area contributed by atoms with Gasteiger partial charge in [-0.3, -0.25) is 10.2 Å². The van der Waals surface area contributed by atoms with E-state index in [0.29, 0.717) is 34.5 Å². The van der Waals surface area contributed by atoms with Crippen LogP contribution in [0.5, 0.6) is 34.5 Å². The molecule has 0 saturated heterocycles. The maximum Gasteiger partial charge on any atom is 0.203 e. The van der Waals surface area contributed by atoms with E-state index in [1.54, 1.807) is 42.7 Å². The van der Waals surface area contributed by atoms with Gasteiger partial charge < -0.3 is 28.4 Å². The first-order chi connectivity index (χ1) is 19.5. The molecule has 40 heavy (non-hydrogen) atoms. The first kappa shape index (κ1) is 26.5. The van der Waals surface area contributed by atoms with Crippen molar-refractivity contribution in [3.63, 3.8) is 0 Å². The zero-order valence-electron chi connectivity index (χ0n) is 23.1. The fourth-order valence-corrected chi connectivity index (χ4v) is 4.55. The largest absolute Gasteiger partial charge is 0.493 e. The van der Waals surface area contributed by atoms with Crippen molar-refractivity contribution in [2.75, 3.05) is 42.7 Å². The molecule has 0 aliphatic heterocycles. The summed E-state index contributed by atoms with van der Waals surface area (Å²) in [7, 11) is 9.52. The highest BCUT2D eigenvalue weighted by Gasteiger charge is 2.18. The normalized spacial score (nSPS) is 10.8. The average molecular weight is 543 g/mol. The van der Waals surface area contributed by atoms with Crippen molar-refractivity contribution in [2.45, 2.75) is 0 Å². The van der Waals surface area contributed by atoms with Gasteiger partial charge in [0.2, 0.25) is 11.5 Å². The van der Waals surface area contributed by atoms with Gasteiger partial charge >= 0.3 is 0 Å². The second-order valence-electron chi connectivity index (χ2n) is 8.74. The van der Waals surface area contributed by atoms with Crippen LogP contribution in [0.3, 0.4) is 0 Å². The summed E-state index contributed by atoms with van der Waals surface area (Å²) in [5.74, 6) is 3.33. The zero-order valence-corrected chi connectivity index (χ0v) is 23.1. The van der Waals surface area contributed by atoms with Crippen molar-refractivity contribution < 1.29 is 28.4 Å². The van der Waals surface area contributed by atoms with Crippen LogP contribution in [-0.4, -0.2) is 63.1 Å². The van der Waals surface area contributed by atoms with E-state index in [4.69, 9.17) is 28.4 Å². The van der Waals surface area contributed by atoms with Crippen LogP contribution in [0, 0.1) is 0 Å². The van der Waals surface area contributed by atoms with E-state index >= 15 is 0 Å². The van der Waals surface area contributed by atoms with Crippen LogP contribution in [0.25, 0.3) is 45.0 Å². The summed E-state index contributed by atoms with van der Waals surface area (Å²) in [5.41, 5.74) is 6.76. The minimum atomic E-state index is 0.533. The number of H-pyrrole nitrogens is 2. The molecule has 2 heterocycles. The molecule has 0 atom stereocenters. The van der Waals surface area contributed by atoms with Crippen molar-refractivity contribution >= 4 is 0 Å². The molecule has 5 rings (SSSR count). The van der Waals surface area contributed by atoms with E-state index in [2.05, 4.69) is 20.4 Å². The molecule has 0 aliphatic rings. The van der Waals surface area contributed by atoms with Gasteiger partial charge in [0.15, 0.2) is 23.0 Å². The molecule has 0 radical (unpaired) electrons. The third-order valence-corrected chi connectivity index (χ3v) is 6.56. The minimum Gasteiger partial charge on any atom is -0.493 e. The number of hydrogen-bond donors (Lipinski definition) is 2. The van der Waals surface area contributed by atoms with E-state index in [-0.39, 0.29) is 0 Å². The Balaban J connectivity index is 1.45. The molecule has 0 spiro atoms. The highest BCUT2D eigenvalue weighted by Crippen LogP contribution is 2.42. The smallest absolute Gasteiger partial charge is 0.203 e. The van der Waals surface area contributed by atoms with Crippen LogP contribution < -0.4 is 28.4 Å². The Morgan fingerprint density at radius 3 is 1.15 bits per heavy atom. The fourth-order valence-electron chi connectivity index (χ4n) is 4.55. The van der Waals surface area contributed by atoms with Gasteiger partial charge in [0, 0.05) is 22.3 Å². The van der Waals surface area contributed by atoms with Crippen LogP contribution in [0.15, 0.2) is 60.7 Å². The standard InChI is InChI=1S/C30H30N4O6/c1-35-25-11-19(12-26(36-2)29(25)39-5)23-15-21(31-33-23)17-8-7-9-18(10-17)22-16-24(34-32-22)20-13-27(37-3)30(40-6)28(14-20)38-4/h7-16H,1-6H3,(H,31,33)(H,32,34). The lowest BCUT2D eigenvalue weighted by atomic mass is 10.0. The van der Waals surface area contributed by atoms with E-state index < -0.39 is 0 Å². The molecule has 0 unspecified atom stereocenters. The Hall–Kier alpha value is -5.12. The second kappa shape index (κ2) is 11.3. The van der Waals surface area contributed by atoms with Gasteiger partial charge in [0.1, 0.15) is 0 Å². The SMILES string of the molecule is COc1cc(-c2cc(-c3cccc(-c4cc(-c5cc(OC)c(OC)c(OC)c5)[nH]n4)c3)n[nH]2)cc(OC)c1OC. The second-order valence-corrected chi connectivity index (χ2v) is 8.74. The number of aromatic nitrogens is 4. The Kier molecular flexibility index (Phi) is 7.50. The molecule has 3 aromatic carbocycles. The van der Waals surface area contributed by atoms with Gasteiger partial charge in [-0.05, 0) is 42.5 Å². The molecule has 0 fully saturated rings. The summed E-state index contributed by atoms with van der Waals surface area (Å²) >= 11 is 0. The van der Waals surface area contributed by atoms with Gasteiger partial charge in [-0.25, -0.2) is 0 Å². The number of benzene rings is 3. The Labute approximate surface area is 231 Å². The van der Waals surface area contributed by atoms with Crippen molar-refractivity contribution in [1.82, 2.24) is 20.4 Å². The summed E-state index contributed by atoms with van der Waals surface area (Å²) in [5, 5.41) is 15.3. The predicted molar refractivity (Wildman–Crippen MR) is 152 cm³/mol. The summed E-state index contributed by atoms with van der Waals surface area (Å²) in [6, 6.07) is 19.5. The van der Waals surface area contributed by atoms with E-state index in [1.807, 2.05) is 60.7 Å². The summed E-state index contributed by atoms with van der Waals surface area (Å²) in [4.78, 5) is 0. The fraction of sp³-hybridized carbons (Fsp3) is 0.200. The Bertz CT molecular complexity index is 1470. The van der Waals surface area contributed by atoms with E-state index in [9.17, 15) is 0 Å². The van der Waals surface area contributed by atoms with Gasteiger partial charge in [0.25, 0.3) is 0 Å². The summed E-state index contributed by atoms with van der Waals surface area (Å²) in [6.07, 6.45) is 0. The number of aromatic amines is 2. The third kappa shape index (κ3) is 4.86. The van der Waals surface area contributed by atoms with Crippen LogP contribution in [0.1, 0.15) is 0 Å². The van der Waals surface area contributed by atoms with Gasteiger partial charge in [-0.2, -0.15) is 10.2 Å². The molecular formula is C30H30N4O6. The van der Waals surface area contributed by atoms with Crippen molar-refractivity contribution in [2.24, 2.45) is 0 Å². The molecule has 0 amide bonds. The number of nitrogens with zero attached hydrogens (tertiary/aromatic N) is 2. The molecule has 10 nitrogen and oxygen atoms in total. The van der Waals surface area contributed by atoms with Crippen molar-refractivity contribution in [1.29, 1.82) is 0 Å². The van der Waals surface area contributed by atoms with E-state index in [0.717, 1.165) is 45.0 Å². The highest BCUT2D eigenvalue weighted by atomic mass is 16.5. The molecule has 0 aliphatic carbocycles. The van der Waals surface area contributed by atoms with Gasteiger partial charge in [0.05, 0.1) is 65.4 Å². The van der Waals surface area contributed by atoms with Crippen LogP contribution >= 0.6 is 0 Å². The molecule has 10 heteroatoms. The highest BCUT2D eigenvalue weighted by molar-refractivity contribution is 5.77. The van der Waals surface area contributed by atoms with Crippen LogP contribution in [0.4, 0.5) is 0 Å². The van der Waals surface area contributed by atoms with Crippen molar-refractivity contribution in [3.05, 3.63) is 60.7 Å². The number of hydrogen-bond acceptors (Lipinski definition) is 8. The molecule has 206 valence electrons. The maximum absolute atomic E-state index is 5.50. The van der Waals surface area contributed by atoms with Gasteiger partial charge in [-0.15, -0.1) is 0 Å². The molecule has 0 saturated carbocycles. The number of ether oxygens (including phenoxy) is 6. The molecular weight excluding hydrogens is 512 g/mol. The maximum atomic E-state index is 5.50. The predicted octanol–water partition coefficient (Wildman–Crippen LogP) is 5.85.